The zero-order chi connectivity index (χ0) is 7.45. The monoisotopic (exact) mass is 250 g/mol. The van der Waals surface area contributed by atoms with Crippen molar-refractivity contribution >= 4 is 22.6 Å². The van der Waals surface area contributed by atoms with E-state index in [1.807, 2.05) is 0 Å². The average molecular weight is 250 g/mol. The van der Waals surface area contributed by atoms with Crippen LogP contribution in [0.1, 0.15) is 38.5 Å². The molecular weight excluding hydrogens is 235 g/mol. The lowest BCUT2D eigenvalue weighted by atomic mass is 9.87. The maximum atomic E-state index is 3.80. The lowest BCUT2D eigenvalue weighted by Gasteiger charge is -2.30. The second-order valence-corrected chi connectivity index (χ2v) is 5.49. The van der Waals surface area contributed by atoms with E-state index in [-0.39, 0.29) is 0 Å². The summed E-state index contributed by atoms with van der Waals surface area (Å²) in [6, 6.07) is 0. The van der Waals surface area contributed by atoms with Crippen LogP contribution in [0.2, 0.25) is 0 Å². The molecule has 0 aromatic rings. The molecule has 0 atom stereocenters. The molecule has 1 aliphatic carbocycles. The second kappa shape index (κ2) is 3.74. The Balaban J connectivity index is 2.39. The summed E-state index contributed by atoms with van der Waals surface area (Å²) < 4.78 is 0.581. The Kier molecular flexibility index (Phi) is 3.21. The van der Waals surface area contributed by atoms with Crippen molar-refractivity contribution in [2.75, 3.05) is 0 Å². The van der Waals surface area contributed by atoms with Gasteiger partial charge < -0.3 is 0 Å². The Hall–Kier alpha value is 0.470. The molecule has 0 amide bonds. The topological polar surface area (TPSA) is 0 Å². The van der Waals surface area contributed by atoms with Crippen LogP contribution in [-0.4, -0.2) is 3.42 Å². The van der Waals surface area contributed by atoms with Gasteiger partial charge >= 0.3 is 0 Å². The fourth-order valence-electron chi connectivity index (χ4n) is 1.65. The third-order valence-corrected chi connectivity index (χ3v) is 3.78. The Labute approximate surface area is 77.2 Å². The lowest BCUT2D eigenvalue weighted by Crippen LogP contribution is -2.22. The molecule has 0 unspecified atom stereocenters. The van der Waals surface area contributed by atoms with Crippen LogP contribution in [0.25, 0.3) is 0 Å². The minimum absolute atomic E-state index is 0.581. The Morgan fingerprint density at radius 2 is 1.90 bits per heavy atom. The second-order valence-electron chi connectivity index (χ2n) is 3.20. The van der Waals surface area contributed by atoms with Crippen LogP contribution in [0.15, 0.2) is 12.7 Å². The molecule has 0 radical (unpaired) electrons. The van der Waals surface area contributed by atoms with Gasteiger partial charge in [0.1, 0.15) is 0 Å². The lowest BCUT2D eigenvalue weighted by molar-refractivity contribution is 0.418. The number of hydrogen-bond donors (Lipinski definition) is 0. The van der Waals surface area contributed by atoms with E-state index in [1.165, 1.54) is 38.5 Å². The molecule has 0 aliphatic heterocycles. The van der Waals surface area contributed by atoms with E-state index in [0.717, 1.165) is 0 Å². The zero-order valence-corrected chi connectivity index (χ0v) is 8.56. The van der Waals surface area contributed by atoms with Crippen LogP contribution in [0.4, 0.5) is 0 Å². The van der Waals surface area contributed by atoms with Gasteiger partial charge in [-0.1, -0.05) is 47.9 Å². The largest absolute Gasteiger partial charge is 0.103 e. The summed E-state index contributed by atoms with van der Waals surface area (Å²) in [5.41, 5.74) is 0. The van der Waals surface area contributed by atoms with Crippen LogP contribution in [0.3, 0.4) is 0 Å². The molecule has 0 aromatic heterocycles. The fourth-order valence-corrected chi connectivity index (χ4v) is 2.72. The molecule has 0 N–H and O–H groups in total. The van der Waals surface area contributed by atoms with Gasteiger partial charge in [0.05, 0.1) is 0 Å². The summed E-state index contributed by atoms with van der Waals surface area (Å²) in [7, 11) is 0. The number of alkyl halides is 1. The smallest absolute Gasteiger partial charge is 0.0256 e. The highest BCUT2D eigenvalue weighted by Crippen LogP contribution is 2.39. The van der Waals surface area contributed by atoms with Crippen molar-refractivity contribution in [1.29, 1.82) is 0 Å². The van der Waals surface area contributed by atoms with E-state index in [4.69, 9.17) is 0 Å². The predicted molar refractivity (Wildman–Crippen MR) is 54.7 cm³/mol. The van der Waals surface area contributed by atoms with Gasteiger partial charge in [0.2, 0.25) is 0 Å². The first-order chi connectivity index (χ1) is 4.77. The van der Waals surface area contributed by atoms with Gasteiger partial charge in [-0.3, -0.25) is 0 Å². The van der Waals surface area contributed by atoms with Gasteiger partial charge in [-0.05, 0) is 19.3 Å². The number of hydrogen-bond acceptors (Lipinski definition) is 0. The Morgan fingerprint density at radius 1 is 1.30 bits per heavy atom. The van der Waals surface area contributed by atoms with Crippen LogP contribution in [0, 0.1) is 0 Å². The fraction of sp³-hybridized carbons (Fsp3) is 0.778. The van der Waals surface area contributed by atoms with Gasteiger partial charge in [-0.25, -0.2) is 0 Å². The van der Waals surface area contributed by atoms with Crippen molar-refractivity contribution in [2.24, 2.45) is 0 Å². The highest BCUT2D eigenvalue weighted by molar-refractivity contribution is 14.1. The molecule has 0 bridgehead atoms. The van der Waals surface area contributed by atoms with Crippen molar-refractivity contribution in [3.8, 4) is 0 Å². The minimum atomic E-state index is 0.581. The van der Waals surface area contributed by atoms with Crippen LogP contribution in [-0.2, 0) is 0 Å². The van der Waals surface area contributed by atoms with Crippen molar-refractivity contribution in [1.82, 2.24) is 0 Å². The van der Waals surface area contributed by atoms with Crippen LogP contribution >= 0.6 is 22.6 Å². The molecule has 0 aromatic carbocycles. The average Bonchev–Trinajstić information content (AvgIpc) is 1.89. The van der Waals surface area contributed by atoms with Gasteiger partial charge in [0.25, 0.3) is 0 Å². The first kappa shape index (κ1) is 8.57. The summed E-state index contributed by atoms with van der Waals surface area (Å²) >= 11 is 2.62. The molecule has 1 aliphatic rings. The Morgan fingerprint density at radius 3 is 2.40 bits per heavy atom. The van der Waals surface area contributed by atoms with Gasteiger partial charge in [-0.2, -0.15) is 0 Å². The van der Waals surface area contributed by atoms with Crippen molar-refractivity contribution in [3.63, 3.8) is 0 Å². The molecule has 10 heavy (non-hydrogen) atoms. The molecule has 58 valence electrons. The van der Waals surface area contributed by atoms with Crippen molar-refractivity contribution in [3.05, 3.63) is 12.7 Å². The SMILES string of the molecule is C=CCC1(I)CCCCC1. The molecule has 1 heteroatoms. The van der Waals surface area contributed by atoms with Crippen molar-refractivity contribution in [2.45, 2.75) is 41.9 Å². The number of rotatable bonds is 2. The molecule has 0 nitrogen and oxygen atoms in total. The normalized spacial score (nSPS) is 24.1. The molecule has 0 heterocycles. The zero-order valence-electron chi connectivity index (χ0n) is 6.41. The highest BCUT2D eigenvalue weighted by Gasteiger charge is 2.26. The minimum Gasteiger partial charge on any atom is -0.103 e. The van der Waals surface area contributed by atoms with Gasteiger partial charge in [0.15, 0.2) is 0 Å². The molecule has 1 rings (SSSR count). The summed E-state index contributed by atoms with van der Waals surface area (Å²) in [6.45, 7) is 3.80. The molecule has 1 fully saturated rings. The van der Waals surface area contributed by atoms with E-state index in [0.29, 0.717) is 3.42 Å². The van der Waals surface area contributed by atoms with E-state index >= 15 is 0 Å². The summed E-state index contributed by atoms with van der Waals surface area (Å²) in [6.07, 6.45) is 10.4. The van der Waals surface area contributed by atoms with E-state index < -0.39 is 0 Å². The van der Waals surface area contributed by atoms with E-state index in [9.17, 15) is 0 Å². The maximum absolute atomic E-state index is 3.80. The van der Waals surface area contributed by atoms with Crippen LogP contribution < -0.4 is 0 Å². The van der Waals surface area contributed by atoms with Gasteiger partial charge in [-0.15, -0.1) is 6.58 Å². The first-order valence-corrected chi connectivity index (χ1v) is 5.14. The molecular formula is C9H15I. The van der Waals surface area contributed by atoms with E-state index in [1.54, 1.807) is 0 Å². The Bertz CT molecular complexity index is 112. The maximum Gasteiger partial charge on any atom is 0.0256 e. The third-order valence-electron chi connectivity index (χ3n) is 2.26. The van der Waals surface area contributed by atoms with E-state index in [2.05, 4.69) is 35.2 Å². The van der Waals surface area contributed by atoms with Crippen LogP contribution in [0.5, 0.6) is 0 Å². The number of allylic oxidation sites excluding steroid dienone is 1. The quantitative estimate of drug-likeness (QED) is 0.398. The standard InChI is InChI=1S/C9H15I/c1-2-6-9(10)7-4-3-5-8-9/h2H,1,3-8H2. The van der Waals surface area contributed by atoms with Crippen molar-refractivity contribution < 1.29 is 0 Å². The summed E-state index contributed by atoms with van der Waals surface area (Å²) in [5.74, 6) is 0. The van der Waals surface area contributed by atoms with Gasteiger partial charge in [0, 0.05) is 3.42 Å². The first-order valence-electron chi connectivity index (χ1n) is 4.07. The number of halogens is 1. The summed E-state index contributed by atoms with van der Waals surface area (Å²) in [5, 5.41) is 0. The molecule has 0 saturated heterocycles. The summed E-state index contributed by atoms with van der Waals surface area (Å²) in [4.78, 5) is 0. The highest BCUT2D eigenvalue weighted by atomic mass is 127. The molecule has 0 spiro atoms. The third kappa shape index (κ3) is 2.26. The molecule has 1 saturated carbocycles. The predicted octanol–water partition coefficient (Wildman–Crippen LogP) is 3.70.